The Morgan fingerprint density at radius 2 is 1.53 bits per heavy atom. The molecule has 0 aromatic heterocycles. The number of rotatable bonds is 0. The van der Waals surface area contributed by atoms with E-state index in [-0.39, 0.29) is 0 Å². The molecular formula is C14H16O. The van der Waals surface area contributed by atoms with Crippen LogP contribution in [0.1, 0.15) is 24.0 Å². The third-order valence-corrected chi connectivity index (χ3v) is 4.77. The van der Waals surface area contributed by atoms with Crippen molar-refractivity contribution in [3.63, 3.8) is 0 Å². The number of epoxide rings is 1. The molecule has 1 saturated carbocycles. The quantitative estimate of drug-likeness (QED) is 0.586. The van der Waals surface area contributed by atoms with Crippen LogP contribution in [0, 0.1) is 11.8 Å². The maximum absolute atomic E-state index is 5.84. The van der Waals surface area contributed by atoms with Gasteiger partial charge in [0.15, 0.2) is 0 Å². The largest absolute Gasteiger partial charge is 0.369 e. The zero-order valence-corrected chi connectivity index (χ0v) is 8.91. The van der Waals surface area contributed by atoms with Crippen molar-refractivity contribution in [2.75, 3.05) is 6.61 Å². The molecule has 2 atom stereocenters. The summed E-state index contributed by atoms with van der Waals surface area (Å²) < 4.78 is 5.84. The summed E-state index contributed by atoms with van der Waals surface area (Å²) in [7, 11) is 0. The van der Waals surface area contributed by atoms with Gasteiger partial charge in [0.2, 0.25) is 0 Å². The van der Waals surface area contributed by atoms with Crippen LogP contribution in [-0.4, -0.2) is 12.2 Å². The zero-order valence-electron chi connectivity index (χ0n) is 8.91. The maximum atomic E-state index is 5.84. The van der Waals surface area contributed by atoms with Crippen LogP contribution in [-0.2, 0) is 17.6 Å². The van der Waals surface area contributed by atoms with Gasteiger partial charge in [-0.3, -0.25) is 0 Å². The predicted molar refractivity (Wildman–Crippen MR) is 58.7 cm³/mol. The first-order valence-electron chi connectivity index (χ1n) is 6.09. The van der Waals surface area contributed by atoms with Gasteiger partial charge in [-0.2, -0.15) is 0 Å². The minimum Gasteiger partial charge on any atom is -0.369 e. The van der Waals surface area contributed by atoms with E-state index in [0.29, 0.717) is 5.60 Å². The summed E-state index contributed by atoms with van der Waals surface area (Å²) in [6.45, 7) is 1.04. The lowest BCUT2D eigenvalue weighted by molar-refractivity contribution is 0.200. The van der Waals surface area contributed by atoms with E-state index in [0.717, 1.165) is 18.4 Å². The fourth-order valence-corrected chi connectivity index (χ4v) is 3.82. The topological polar surface area (TPSA) is 12.5 Å². The number of hydrogen-bond acceptors (Lipinski definition) is 1. The van der Waals surface area contributed by atoms with Gasteiger partial charge in [0.05, 0.1) is 12.2 Å². The summed E-state index contributed by atoms with van der Waals surface area (Å²) in [6, 6.07) is 8.98. The van der Waals surface area contributed by atoms with Crippen LogP contribution in [0.3, 0.4) is 0 Å². The summed E-state index contributed by atoms with van der Waals surface area (Å²) in [4.78, 5) is 0. The molecule has 3 aliphatic rings. The molecule has 0 N–H and O–H groups in total. The highest BCUT2D eigenvalue weighted by atomic mass is 16.6. The fraction of sp³-hybridized carbons (Fsp3) is 0.571. The Morgan fingerprint density at radius 1 is 1.00 bits per heavy atom. The van der Waals surface area contributed by atoms with Crippen molar-refractivity contribution in [1.29, 1.82) is 0 Å². The third kappa shape index (κ3) is 1.02. The minimum atomic E-state index is 0.318. The highest BCUT2D eigenvalue weighted by Crippen LogP contribution is 2.55. The highest BCUT2D eigenvalue weighted by Gasteiger charge is 2.60. The van der Waals surface area contributed by atoms with E-state index >= 15 is 0 Å². The van der Waals surface area contributed by atoms with Gasteiger partial charge in [-0.25, -0.2) is 0 Å². The molecule has 1 aliphatic heterocycles. The first kappa shape index (κ1) is 8.35. The van der Waals surface area contributed by atoms with Crippen molar-refractivity contribution in [3.05, 3.63) is 35.4 Å². The van der Waals surface area contributed by atoms with Gasteiger partial charge in [0.1, 0.15) is 0 Å². The molecule has 1 saturated heterocycles. The van der Waals surface area contributed by atoms with Crippen molar-refractivity contribution in [3.8, 4) is 0 Å². The summed E-state index contributed by atoms with van der Waals surface area (Å²) in [5.41, 5.74) is 3.48. The van der Waals surface area contributed by atoms with Crippen LogP contribution >= 0.6 is 0 Å². The molecule has 2 unspecified atom stereocenters. The van der Waals surface area contributed by atoms with Gasteiger partial charge in [0.25, 0.3) is 0 Å². The first-order chi connectivity index (χ1) is 7.38. The second kappa shape index (κ2) is 2.65. The van der Waals surface area contributed by atoms with Crippen LogP contribution in [0.25, 0.3) is 0 Å². The monoisotopic (exact) mass is 200 g/mol. The predicted octanol–water partition coefficient (Wildman–Crippen LogP) is 2.58. The van der Waals surface area contributed by atoms with Gasteiger partial charge in [-0.05, 0) is 48.6 Å². The standard InChI is InChI=1S/C14H16O/c1-2-4-11-8-13-6-5-12(7-10(11)3-1)14(13)9-15-14/h1-4,12-13H,5-9H2. The number of fused-ring (bicyclic) bond motifs is 1. The van der Waals surface area contributed by atoms with Gasteiger partial charge >= 0.3 is 0 Å². The molecule has 2 fully saturated rings. The molecule has 0 radical (unpaired) electrons. The Labute approximate surface area is 90.4 Å². The minimum absolute atomic E-state index is 0.318. The van der Waals surface area contributed by atoms with E-state index < -0.39 is 0 Å². The second-order valence-electron chi connectivity index (χ2n) is 5.39. The molecule has 1 heterocycles. The van der Waals surface area contributed by atoms with Gasteiger partial charge in [0, 0.05) is 0 Å². The lowest BCUT2D eigenvalue weighted by Gasteiger charge is -2.16. The third-order valence-electron chi connectivity index (χ3n) is 4.77. The normalized spacial score (nSPS) is 41.3. The summed E-state index contributed by atoms with van der Waals surface area (Å²) in [6.07, 6.45) is 5.29. The average Bonchev–Trinajstić information content (AvgIpc) is 2.95. The van der Waals surface area contributed by atoms with Gasteiger partial charge in [-0.1, -0.05) is 24.3 Å². The van der Waals surface area contributed by atoms with Crippen LogP contribution in [0.4, 0.5) is 0 Å². The lowest BCUT2D eigenvalue weighted by Crippen LogP contribution is -2.25. The molecule has 1 aromatic rings. The Balaban J connectivity index is 1.81. The fourth-order valence-electron chi connectivity index (χ4n) is 3.82. The lowest BCUT2D eigenvalue weighted by atomic mass is 9.88. The molecule has 1 nitrogen and oxygen atoms in total. The van der Waals surface area contributed by atoms with E-state index in [1.807, 2.05) is 0 Å². The van der Waals surface area contributed by atoms with Crippen molar-refractivity contribution in [2.24, 2.45) is 11.8 Å². The molecule has 2 aliphatic carbocycles. The van der Waals surface area contributed by atoms with Crippen LogP contribution in [0.15, 0.2) is 24.3 Å². The van der Waals surface area contributed by atoms with Crippen LogP contribution in [0.5, 0.6) is 0 Å². The van der Waals surface area contributed by atoms with E-state index in [9.17, 15) is 0 Å². The molecule has 1 heteroatoms. The summed E-state index contributed by atoms with van der Waals surface area (Å²) in [5.74, 6) is 1.62. The maximum Gasteiger partial charge on any atom is 0.0978 e. The number of hydrogen-bond donors (Lipinski definition) is 0. The summed E-state index contributed by atoms with van der Waals surface area (Å²) in [5, 5.41) is 0. The van der Waals surface area contributed by atoms with E-state index in [2.05, 4.69) is 24.3 Å². The average molecular weight is 200 g/mol. The van der Waals surface area contributed by atoms with Crippen molar-refractivity contribution in [2.45, 2.75) is 31.3 Å². The number of ether oxygens (including phenoxy) is 1. The van der Waals surface area contributed by atoms with Gasteiger partial charge in [-0.15, -0.1) is 0 Å². The Bertz CT molecular complexity index is 371. The van der Waals surface area contributed by atoms with Crippen LogP contribution < -0.4 is 0 Å². The SMILES string of the molecule is c1ccc2c(c1)CC1CCC(C2)C12CO2. The molecule has 4 rings (SSSR count). The first-order valence-corrected chi connectivity index (χ1v) is 6.09. The van der Waals surface area contributed by atoms with E-state index in [1.54, 1.807) is 11.1 Å². The molecule has 15 heavy (non-hydrogen) atoms. The molecule has 2 bridgehead atoms. The van der Waals surface area contributed by atoms with E-state index in [1.165, 1.54) is 25.7 Å². The van der Waals surface area contributed by atoms with E-state index in [4.69, 9.17) is 4.74 Å². The molecule has 0 amide bonds. The molecule has 1 spiro atoms. The Kier molecular flexibility index (Phi) is 1.47. The molecular weight excluding hydrogens is 184 g/mol. The van der Waals surface area contributed by atoms with Crippen molar-refractivity contribution >= 4 is 0 Å². The summed E-state index contributed by atoms with van der Waals surface area (Å²) >= 11 is 0. The van der Waals surface area contributed by atoms with Gasteiger partial charge < -0.3 is 4.74 Å². The van der Waals surface area contributed by atoms with Crippen molar-refractivity contribution in [1.82, 2.24) is 0 Å². The zero-order chi connectivity index (χ0) is 9.88. The van der Waals surface area contributed by atoms with Crippen LogP contribution in [0.2, 0.25) is 0 Å². The second-order valence-corrected chi connectivity index (χ2v) is 5.39. The Hall–Kier alpha value is -0.820. The Morgan fingerprint density at radius 3 is 2.00 bits per heavy atom. The molecule has 78 valence electrons. The molecule has 1 aromatic carbocycles. The smallest absolute Gasteiger partial charge is 0.0978 e. The highest BCUT2D eigenvalue weighted by molar-refractivity contribution is 5.33. The van der Waals surface area contributed by atoms with Crippen molar-refractivity contribution < 1.29 is 4.74 Å². The number of benzene rings is 1.